The number of hydrogen-bond acceptors (Lipinski definition) is 5. The lowest BCUT2D eigenvalue weighted by Crippen LogP contribution is -2.43. The number of aromatic nitrogens is 2. The van der Waals surface area contributed by atoms with E-state index in [-0.39, 0.29) is 0 Å². The fourth-order valence-electron chi connectivity index (χ4n) is 2.90. The molecular weight excluding hydrogens is 252 g/mol. The Labute approximate surface area is 120 Å². The fraction of sp³-hybridized carbons (Fsp3) is 0.733. The van der Waals surface area contributed by atoms with Gasteiger partial charge in [0.25, 0.3) is 0 Å². The Hall–Kier alpha value is -1.20. The van der Waals surface area contributed by atoms with E-state index < -0.39 is 0 Å². The minimum Gasteiger partial charge on any atom is -0.371 e. The van der Waals surface area contributed by atoms with Gasteiger partial charge in [0.1, 0.15) is 0 Å². The molecule has 2 bridgehead atoms. The van der Waals surface area contributed by atoms with E-state index in [1.165, 1.54) is 18.4 Å². The van der Waals surface area contributed by atoms with Gasteiger partial charge in [-0.3, -0.25) is 0 Å². The lowest BCUT2D eigenvalue weighted by atomic mass is 10.2. The number of morpholine rings is 1. The predicted molar refractivity (Wildman–Crippen MR) is 78.9 cm³/mol. The van der Waals surface area contributed by atoms with Crippen molar-refractivity contribution < 1.29 is 4.74 Å². The fourth-order valence-corrected chi connectivity index (χ4v) is 2.90. The molecule has 0 spiro atoms. The molecule has 20 heavy (non-hydrogen) atoms. The molecule has 1 aromatic rings. The summed E-state index contributed by atoms with van der Waals surface area (Å²) in [6, 6.07) is 0.476. The molecule has 2 unspecified atom stereocenters. The van der Waals surface area contributed by atoms with Gasteiger partial charge in [0.05, 0.1) is 12.2 Å². The molecule has 2 aliphatic rings. The van der Waals surface area contributed by atoms with Crippen LogP contribution >= 0.6 is 0 Å². The van der Waals surface area contributed by atoms with Crippen LogP contribution < -0.4 is 10.2 Å². The maximum atomic E-state index is 5.86. The second kappa shape index (κ2) is 5.66. The Morgan fingerprint density at radius 3 is 2.65 bits per heavy atom. The van der Waals surface area contributed by atoms with Crippen molar-refractivity contribution in [2.75, 3.05) is 18.0 Å². The van der Waals surface area contributed by atoms with Crippen LogP contribution in [0.2, 0.25) is 0 Å². The zero-order valence-corrected chi connectivity index (χ0v) is 12.6. The van der Waals surface area contributed by atoms with E-state index in [1.54, 1.807) is 0 Å². The first-order chi connectivity index (χ1) is 9.61. The highest BCUT2D eigenvalue weighted by molar-refractivity contribution is 5.34. The van der Waals surface area contributed by atoms with Crippen LogP contribution in [0.15, 0.2) is 6.20 Å². The second-order valence-corrected chi connectivity index (χ2v) is 6.18. The molecule has 0 amide bonds. The first kappa shape index (κ1) is 13.8. The molecule has 5 nitrogen and oxygen atoms in total. The summed E-state index contributed by atoms with van der Waals surface area (Å²) in [5.74, 6) is 0.857. The second-order valence-electron chi connectivity index (χ2n) is 6.18. The van der Waals surface area contributed by atoms with Crippen molar-refractivity contribution in [1.29, 1.82) is 0 Å². The van der Waals surface area contributed by atoms with E-state index in [2.05, 4.69) is 36.0 Å². The Morgan fingerprint density at radius 1 is 1.35 bits per heavy atom. The average Bonchev–Trinajstić information content (AvgIpc) is 2.76. The number of rotatable bonds is 4. The molecule has 0 aliphatic carbocycles. The largest absolute Gasteiger partial charge is 0.371 e. The lowest BCUT2D eigenvalue weighted by Gasteiger charge is -2.32. The molecule has 3 heterocycles. The summed E-state index contributed by atoms with van der Waals surface area (Å²) in [6.07, 6.45) is 5.07. The summed E-state index contributed by atoms with van der Waals surface area (Å²) in [4.78, 5) is 11.5. The van der Waals surface area contributed by atoms with Gasteiger partial charge in [-0.05, 0) is 19.8 Å². The van der Waals surface area contributed by atoms with Crippen LogP contribution in [0.5, 0.6) is 0 Å². The van der Waals surface area contributed by atoms with Gasteiger partial charge in [-0.1, -0.05) is 13.8 Å². The molecule has 110 valence electrons. The maximum Gasteiger partial charge on any atom is 0.225 e. The molecule has 2 fully saturated rings. The molecule has 0 aromatic carbocycles. The molecule has 2 aliphatic heterocycles. The molecule has 1 aromatic heterocycles. The number of hydrogen-bond donors (Lipinski definition) is 1. The Morgan fingerprint density at radius 2 is 2.05 bits per heavy atom. The van der Waals surface area contributed by atoms with E-state index in [9.17, 15) is 0 Å². The van der Waals surface area contributed by atoms with Crippen molar-refractivity contribution in [2.24, 2.45) is 0 Å². The van der Waals surface area contributed by atoms with Crippen molar-refractivity contribution in [2.45, 2.75) is 58.4 Å². The lowest BCUT2D eigenvalue weighted by molar-refractivity contribution is 0.0299. The minimum absolute atomic E-state index is 0.375. The van der Waals surface area contributed by atoms with Crippen LogP contribution in [0.25, 0.3) is 0 Å². The van der Waals surface area contributed by atoms with Crippen molar-refractivity contribution >= 4 is 5.95 Å². The standard InChI is InChI=1S/C15H24N4O/c1-10(2)16-6-12-7-17-15(18-11(12)3)19-8-13-4-5-14(9-19)20-13/h7,10,13-14,16H,4-6,8-9H2,1-3H3. The Bertz CT molecular complexity index is 465. The van der Waals surface area contributed by atoms with Gasteiger partial charge in [-0.15, -0.1) is 0 Å². The van der Waals surface area contributed by atoms with Crippen LogP contribution in [0.3, 0.4) is 0 Å². The van der Waals surface area contributed by atoms with Gasteiger partial charge in [0.15, 0.2) is 0 Å². The van der Waals surface area contributed by atoms with Gasteiger partial charge < -0.3 is 15.0 Å². The minimum atomic E-state index is 0.375. The highest BCUT2D eigenvalue weighted by atomic mass is 16.5. The summed E-state index contributed by atoms with van der Waals surface area (Å²) < 4.78 is 5.86. The molecule has 2 atom stereocenters. The summed E-state index contributed by atoms with van der Waals surface area (Å²) in [6.45, 7) is 9.05. The molecule has 2 saturated heterocycles. The Kier molecular flexibility index (Phi) is 3.89. The number of nitrogens with zero attached hydrogens (tertiary/aromatic N) is 3. The zero-order valence-electron chi connectivity index (χ0n) is 12.6. The third-order valence-electron chi connectivity index (χ3n) is 4.10. The zero-order chi connectivity index (χ0) is 14.1. The molecular formula is C15H24N4O. The highest BCUT2D eigenvalue weighted by Gasteiger charge is 2.34. The molecule has 1 N–H and O–H groups in total. The van der Waals surface area contributed by atoms with Gasteiger partial charge in [0, 0.05) is 43.1 Å². The average molecular weight is 276 g/mol. The van der Waals surface area contributed by atoms with Gasteiger partial charge in [0.2, 0.25) is 5.95 Å². The van der Waals surface area contributed by atoms with Gasteiger partial charge >= 0.3 is 0 Å². The first-order valence-corrected chi connectivity index (χ1v) is 7.58. The quantitative estimate of drug-likeness (QED) is 0.906. The highest BCUT2D eigenvalue weighted by Crippen LogP contribution is 2.28. The molecule has 5 heteroatoms. The van der Waals surface area contributed by atoms with Crippen molar-refractivity contribution in [3.8, 4) is 0 Å². The van der Waals surface area contributed by atoms with Crippen molar-refractivity contribution in [1.82, 2.24) is 15.3 Å². The van der Waals surface area contributed by atoms with Crippen molar-refractivity contribution in [3.05, 3.63) is 17.5 Å². The normalized spacial score (nSPS) is 25.5. The monoisotopic (exact) mass is 276 g/mol. The van der Waals surface area contributed by atoms with Gasteiger partial charge in [-0.25, -0.2) is 9.97 Å². The van der Waals surface area contributed by atoms with E-state index >= 15 is 0 Å². The van der Waals surface area contributed by atoms with Crippen LogP contribution in [0, 0.1) is 6.92 Å². The first-order valence-electron chi connectivity index (χ1n) is 7.58. The van der Waals surface area contributed by atoms with E-state index in [0.717, 1.165) is 31.3 Å². The summed E-state index contributed by atoms with van der Waals surface area (Å²) >= 11 is 0. The predicted octanol–water partition coefficient (Wildman–Crippen LogP) is 1.65. The number of nitrogens with one attached hydrogen (secondary N) is 1. The molecule has 0 radical (unpaired) electrons. The van der Waals surface area contributed by atoms with Gasteiger partial charge in [-0.2, -0.15) is 0 Å². The van der Waals surface area contributed by atoms with E-state index in [4.69, 9.17) is 9.72 Å². The molecule has 3 rings (SSSR count). The van der Waals surface area contributed by atoms with Crippen LogP contribution in [0.4, 0.5) is 5.95 Å². The van der Waals surface area contributed by atoms with Crippen LogP contribution in [-0.2, 0) is 11.3 Å². The van der Waals surface area contributed by atoms with Crippen LogP contribution in [0.1, 0.15) is 37.9 Å². The van der Waals surface area contributed by atoms with Crippen LogP contribution in [-0.4, -0.2) is 41.3 Å². The summed E-state index contributed by atoms with van der Waals surface area (Å²) in [7, 11) is 0. The summed E-state index contributed by atoms with van der Waals surface area (Å²) in [5.41, 5.74) is 2.25. The third kappa shape index (κ3) is 2.94. The van der Waals surface area contributed by atoms with E-state index in [1.807, 2.05) is 6.20 Å². The number of fused-ring (bicyclic) bond motifs is 2. The number of anilines is 1. The summed E-state index contributed by atoms with van der Waals surface area (Å²) in [5, 5.41) is 3.41. The SMILES string of the molecule is Cc1nc(N2CC3CCC(C2)O3)ncc1CNC(C)C. The third-order valence-corrected chi connectivity index (χ3v) is 4.10. The van der Waals surface area contributed by atoms with E-state index in [0.29, 0.717) is 18.2 Å². The topological polar surface area (TPSA) is 50.3 Å². The van der Waals surface area contributed by atoms with Crippen molar-refractivity contribution in [3.63, 3.8) is 0 Å². The Balaban J connectivity index is 1.70. The number of ether oxygens (including phenoxy) is 1. The molecule has 0 saturated carbocycles. The maximum absolute atomic E-state index is 5.86. The smallest absolute Gasteiger partial charge is 0.225 e. The number of aryl methyl sites for hydroxylation is 1.